The van der Waals surface area contributed by atoms with Crippen molar-refractivity contribution in [2.75, 3.05) is 36.4 Å². The minimum atomic E-state index is -0.372. The summed E-state index contributed by atoms with van der Waals surface area (Å²) in [5.41, 5.74) is 1.92. The molecule has 1 saturated heterocycles. The molecule has 0 unspecified atom stereocenters. The quantitative estimate of drug-likeness (QED) is 0.641. The largest absolute Gasteiger partial charge is 0.373 e. The first-order chi connectivity index (χ1) is 13.6. The van der Waals surface area contributed by atoms with E-state index in [1.54, 1.807) is 12.4 Å². The SMILES string of the molecule is CC(C)c1ccccc1NC(=O)/C(C#N)=C\N1CCN(c2ccccn2)CC1. The molecule has 2 heterocycles. The van der Waals surface area contributed by atoms with Crippen molar-refractivity contribution in [3.63, 3.8) is 0 Å². The number of hydrogen-bond donors (Lipinski definition) is 1. The van der Waals surface area contributed by atoms with Gasteiger partial charge in [0.1, 0.15) is 17.5 Å². The van der Waals surface area contributed by atoms with E-state index in [1.165, 1.54) is 0 Å². The first-order valence-electron chi connectivity index (χ1n) is 9.50. The fraction of sp³-hybridized carbons (Fsp3) is 0.318. The second-order valence-electron chi connectivity index (χ2n) is 7.06. The summed E-state index contributed by atoms with van der Waals surface area (Å²) >= 11 is 0. The van der Waals surface area contributed by atoms with Crippen LogP contribution in [0.3, 0.4) is 0 Å². The number of para-hydroxylation sites is 1. The van der Waals surface area contributed by atoms with Gasteiger partial charge in [0.25, 0.3) is 5.91 Å². The summed E-state index contributed by atoms with van der Waals surface area (Å²) in [6, 6.07) is 15.6. The predicted molar refractivity (Wildman–Crippen MR) is 111 cm³/mol. The molecule has 1 amide bonds. The molecule has 0 spiro atoms. The van der Waals surface area contributed by atoms with Crippen LogP contribution in [0.1, 0.15) is 25.3 Å². The van der Waals surface area contributed by atoms with Gasteiger partial charge < -0.3 is 15.1 Å². The van der Waals surface area contributed by atoms with Crippen molar-refractivity contribution in [1.29, 1.82) is 5.26 Å². The van der Waals surface area contributed by atoms with Gasteiger partial charge in [0.15, 0.2) is 0 Å². The van der Waals surface area contributed by atoms with Crippen LogP contribution in [-0.4, -0.2) is 42.0 Å². The van der Waals surface area contributed by atoms with Gasteiger partial charge in [-0.15, -0.1) is 0 Å². The fourth-order valence-corrected chi connectivity index (χ4v) is 3.25. The third kappa shape index (κ3) is 4.68. The molecule has 1 N–H and O–H groups in total. The van der Waals surface area contributed by atoms with Gasteiger partial charge in [-0.1, -0.05) is 38.1 Å². The number of nitrogens with zero attached hydrogens (tertiary/aromatic N) is 4. The molecule has 1 aromatic carbocycles. The maximum Gasteiger partial charge on any atom is 0.267 e. The highest BCUT2D eigenvalue weighted by Gasteiger charge is 2.19. The molecule has 1 aromatic heterocycles. The molecule has 0 atom stereocenters. The van der Waals surface area contributed by atoms with Gasteiger partial charge >= 0.3 is 0 Å². The van der Waals surface area contributed by atoms with Crippen molar-refractivity contribution in [3.05, 3.63) is 66.0 Å². The van der Waals surface area contributed by atoms with Crippen LogP contribution >= 0.6 is 0 Å². The lowest BCUT2D eigenvalue weighted by atomic mass is 10.0. The molecule has 0 bridgehead atoms. The molecule has 1 aliphatic rings. The summed E-state index contributed by atoms with van der Waals surface area (Å²) in [5.74, 6) is 0.864. The number of benzene rings is 1. The third-order valence-corrected chi connectivity index (χ3v) is 4.80. The van der Waals surface area contributed by atoms with E-state index in [9.17, 15) is 10.1 Å². The Kier molecular flexibility index (Phi) is 6.28. The van der Waals surface area contributed by atoms with E-state index < -0.39 is 0 Å². The fourth-order valence-electron chi connectivity index (χ4n) is 3.25. The molecule has 2 aromatic rings. The van der Waals surface area contributed by atoms with Crippen LogP contribution in [0.4, 0.5) is 11.5 Å². The molecular formula is C22H25N5O. The second-order valence-corrected chi connectivity index (χ2v) is 7.06. The van der Waals surface area contributed by atoms with Crippen LogP contribution in [0.15, 0.2) is 60.4 Å². The van der Waals surface area contributed by atoms with Crippen molar-refractivity contribution in [2.24, 2.45) is 0 Å². The predicted octanol–water partition coefficient (Wildman–Crippen LogP) is 3.37. The minimum Gasteiger partial charge on any atom is -0.373 e. The van der Waals surface area contributed by atoms with E-state index in [4.69, 9.17) is 0 Å². The number of carbonyl (C=O) groups excluding carboxylic acids is 1. The highest BCUT2D eigenvalue weighted by atomic mass is 16.1. The minimum absolute atomic E-state index is 0.116. The van der Waals surface area contributed by atoms with Crippen molar-refractivity contribution in [3.8, 4) is 6.07 Å². The van der Waals surface area contributed by atoms with Gasteiger partial charge in [-0.05, 0) is 29.7 Å². The van der Waals surface area contributed by atoms with Gasteiger partial charge in [0.2, 0.25) is 0 Å². The lowest BCUT2D eigenvalue weighted by molar-refractivity contribution is -0.112. The maximum atomic E-state index is 12.6. The molecule has 28 heavy (non-hydrogen) atoms. The van der Waals surface area contributed by atoms with Gasteiger partial charge in [-0.25, -0.2) is 4.98 Å². The molecule has 0 saturated carbocycles. The van der Waals surface area contributed by atoms with Gasteiger partial charge in [0.05, 0.1) is 0 Å². The summed E-state index contributed by atoms with van der Waals surface area (Å²) in [7, 11) is 0. The van der Waals surface area contributed by atoms with Crippen LogP contribution < -0.4 is 10.2 Å². The molecular weight excluding hydrogens is 350 g/mol. The number of pyridine rings is 1. The number of piperazine rings is 1. The zero-order valence-corrected chi connectivity index (χ0v) is 16.3. The van der Waals surface area contributed by atoms with Crippen LogP contribution in [0.5, 0.6) is 0 Å². The summed E-state index contributed by atoms with van der Waals surface area (Å²) < 4.78 is 0. The monoisotopic (exact) mass is 375 g/mol. The highest BCUT2D eigenvalue weighted by Crippen LogP contribution is 2.24. The average Bonchev–Trinajstić information content (AvgIpc) is 2.73. The van der Waals surface area contributed by atoms with E-state index in [1.807, 2.05) is 53.4 Å². The molecule has 1 fully saturated rings. The zero-order valence-electron chi connectivity index (χ0n) is 16.3. The van der Waals surface area contributed by atoms with Gasteiger partial charge in [-0.2, -0.15) is 5.26 Å². The third-order valence-electron chi connectivity index (χ3n) is 4.80. The molecule has 0 radical (unpaired) electrons. The molecule has 3 rings (SSSR count). The topological polar surface area (TPSA) is 72.3 Å². The second kappa shape index (κ2) is 9.05. The van der Waals surface area contributed by atoms with Crippen LogP contribution in [0.25, 0.3) is 0 Å². The van der Waals surface area contributed by atoms with Gasteiger partial charge in [-0.3, -0.25) is 4.79 Å². The lowest BCUT2D eigenvalue weighted by Crippen LogP contribution is -2.44. The number of hydrogen-bond acceptors (Lipinski definition) is 5. The molecule has 6 heteroatoms. The van der Waals surface area contributed by atoms with Gasteiger partial charge in [0, 0.05) is 44.3 Å². The Morgan fingerprint density at radius 3 is 2.50 bits per heavy atom. The summed E-state index contributed by atoms with van der Waals surface area (Å²) in [6.45, 7) is 7.21. The first-order valence-corrected chi connectivity index (χ1v) is 9.50. The Labute approximate surface area is 166 Å². The number of rotatable bonds is 5. The first kappa shape index (κ1) is 19.4. The lowest BCUT2D eigenvalue weighted by Gasteiger charge is -2.34. The Hall–Kier alpha value is -3.33. The van der Waals surface area contributed by atoms with E-state index in [0.717, 1.165) is 43.2 Å². The summed E-state index contributed by atoms with van der Waals surface area (Å²) in [4.78, 5) is 21.2. The Morgan fingerprint density at radius 2 is 1.86 bits per heavy atom. The normalized spacial score (nSPS) is 14.7. The number of amides is 1. The van der Waals surface area contributed by atoms with Crippen molar-refractivity contribution >= 4 is 17.4 Å². The van der Waals surface area contributed by atoms with Crippen molar-refractivity contribution in [1.82, 2.24) is 9.88 Å². The highest BCUT2D eigenvalue weighted by molar-refractivity contribution is 6.06. The van der Waals surface area contributed by atoms with Crippen LogP contribution in [0, 0.1) is 11.3 Å². The summed E-state index contributed by atoms with van der Waals surface area (Å²) in [6.07, 6.45) is 3.46. The summed E-state index contributed by atoms with van der Waals surface area (Å²) in [5, 5.41) is 12.4. The van der Waals surface area contributed by atoms with E-state index in [0.29, 0.717) is 0 Å². The number of nitrogens with one attached hydrogen (secondary N) is 1. The van der Waals surface area contributed by atoms with E-state index in [2.05, 4.69) is 29.0 Å². The molecule has 144 valence electrons. The number of anilines is 2. The van der Waals surface area contributed by atoms with Crippen molar-refractivity contribution < 1.29 is 4.79 Å². The Morgan fingerprint density at radius 1 is 1.14 bits per heavy atom. The number of nitriles is 1. The van der Waals surface area contributed by atoms with Crippen LogP contribution in [-0.2, 0) is 4.79 Å². The zero-order chi connectivity index (χ0) is 19.9. The van der Waals surface area contributed by atoms with E-state index in [-0.39, 0.29) is 17.4 Å². The van der Waals surface area contributed by atoms with Crippen molar-refractivity contribution in [2.45, 2.75) is 19.8 Å². The smallest absolute Gasteiger partial charge is 0.267 e. The average molecular weight is 375 g/mol. The maximum absolute atomic E-state index is 12.6. The molecule has 0 aliphatic carbocycles. The number of carbonyl (C=O) groups is 1. The van der Waals surface area contributed by atoms with E-state index >= 15 is 0 Å². The van der Waals surface area contributed by atoms with Crippen LogP contribution in [0.2, 0.25) is 0 Å². The number of aromatic nitrogens is 1. The molecule has 6 nitrogen and oxygen atoms in total. The molecule has 1 aliphatic heterocycles. The Bertz CT molecular complexity index is 877. The standard InChI is InChI=1S/C22H25N5O/c1-17(2)19-7-3-4-8-20(19)25-22(28)18(15-23)16-26-11-13-27(14-12-26)21-9-5-6-10-24-21/h3-10,16-17H,11-14H2,1-2H3,(H,25,28)/b18-16-. The Balaban J connectivity index is 1.65.